The third-order valence-electron chi connectivity index (χ3n) is 5.87. The Bertz CT molecular complexity index is 1160. The van der Waals surface area contributed by atoms with Crippen molar-refractivity contribution in [3.63, 3.8) is 0 Å². The van der Waals surface area contributed by atoms with Crippen LogP contribution < -0.4 is 10.4 Å². The number of hydrogen-bond acceptors (Lipinski definition) is 0. The molecule has 4 aromatic carbocycles. The van der Waals surface area contributed by atoms with E-state index in [1.165, 1.54) is 10.4 Å². The third kappa shape index (κ3) is 5.77. The van der Waals surface area contributed by atoms with E-state index in [2.05, 4.69) is 85.3 Å². The molecule has 0 N–H and O–H groups in total. The molecular formula is C30H26Si2. The number of benzene rings is 4. The molecule has 0 heterocycles. The van der Waals surface area contributed by atoms with E-state index in [-0.39, 0.29) is 0 Å². The van der Waals surface area contributed by atoms with Crippen molar-refractivity contribution in [3.05, 3.63) is 131 Å². The van der Waals surface area contributed by atoms with Gasteiger partial charge in [0.1, 0.15) is 0 Å². The maximum absolute atomic E-state index is 3.28. The quantitative estimate of drug-likeness (QED) is 0.326. The molecule has 0 spiro atoms. The fraction of sp³-hybridized carbons (Fsp3) is 0.0667. The monoisotopic (exact) mass is 442 g/mol. The summed E-state index contributed by atoms with van der Waals surface area (Å²) in [6.45, 7) is 4.98. The van der Waals surface area contributed by atoms with Gasteiger partial charge in [-0.25, -0.2) is 0 Å². The van der Waals surface area contributed by atoms with E-state index >= 15 is 0 Å². The second kappa shape index (κ2) is 10.6. The van der Waals surface area contributed by atoms with Crippen molar-refractivity contribution >= 4 is 27.0 Å². The second-order valence-electron chi connectivity index (χ2n) is 8.05. The van der Waals surface area contributed by atoms with Crippen molar-refractivity contribution in [2.45, 2.75) is 13.1 Å². The molecule has 0 amide bonds. The van der Waals surface area contributed by atoms with E-state index in [9.17, 15) is 0 Å². The molecule has 4 aromatic rings. The van der Waals surface area contributed by atoms with Gasteiger partial charge in [0.2, 0.25) is 0 Å². The summed E-state index contributed by atoms with van der Waals surface area (Å²) in [4.78, 5) is 0. The van der Waals surface area contributed by atoms with E-state index in [1.807, 2.05) is 60.7 Å². The minimum absolute atomic E-state index is 1.01. The summed E-state index contributed by atoms with van der Waals surface area (Å²) in [6.07, 6.45) is 0. The van der Waals surface area contributed by atoms with E-state index < -0.39 is 16.6 Å². The fourth-order valence-electron chi connectivity index (χ4n) is 3.65. The van der Waals surface area contributed by atoms with Gasteiger partial charge in [-0.3, -0.25) is 0 Å². The van der Waals surface area contributed by atoms with Gasteiger partial charge in [0.15, 0.2) is 0 Å². The summed E-state index contributed by atoms with van der Waals surface area (Å²) in [5.41, 5.74) is 4.26. The standard InChI is InChI=1S/C30H26Si2/c1-31(29-21-17-27(18-22-29)15-13-25-9-5-3-6-10-25)32(2)30-23-19-28(20-24-30)16-14-26-11-7-4-8-12-26/h3-12,17-24,31-32H,1-2H3. The van der Waals surface area contributed by atoms with Crippen LogP contribution in [0.25, 0.3) is 0 Å². The minimum Gasteiger partial charge on any atom is -0.0699 e. The van der Waals surface area contributed by atoms with Crippen LogP contribution in [-0.2, 0) is 0 Å². The van der Waals surface area contributed by atoms with Crippen LogP contribution >= 0.6 is 0 Å². The summed E-state index contributed by atoms with van der Waals surface area (Å²) in [6, 6.07) is 38.2. The first-order valence-corrected chi connectivity index (χ1v) is 17.2. The molecule has 0 saturated heterocycles. The van der Waals surface area contributed by atoms with Gasteiger partial charge in [-0.1, -0.05) is 108 Å². The average Bonchev–Trinajstić information content (AvgIpc) is 2.87. The predicted molar refractivity (Wildman–Crippen MR) is 143 cm³/mol. The SMILES string of the molecule is C[SiH](c1ccc(C#Cc2ccccc2)cc1)[SiH](C)c1ccc(C#Cc2ccccc2)cc1. The molecule has 154 valence electrons. The highest BCUT2D eigenvalue weighted by Crippen LogP contribution is 2.03. The van der Waals surface area contributed by atoms with Crippen molar-refractivity contribution in [2.24, 2.45) is 0 Å². The molecule has 0 fully saturated rings. The Hall–Kier alpha value is -3.57. The number of hydrogen-bond donors (Lipinski definition) is 0. The highest BCUT2D eigenvalue weighted by atomic mass is 29.2. The molecule has 0 bridgehead atoms. The van der Waals surface area contributed by atoms with Crippen molar-refractivity contribution in [1.29, 1.82) is 0 Å². The van der Waals surface area contributed by atoms with Gasteiger partial charge in [-0.2, -0.15) is 0 Å². The average molecular weight is 443 g/mol. The van der Waals surface area contributed by atoms with Gasteiger partial charge in [0.05, 0.1) is 16.6 Å². The maximum atomic E-state index is 3.28. The van der Waals surface area contributed by atoms with E-state index in [0.29, 0.717) is 0 Å². The van der Waals surface area contributed by atoms with Gasteiger partial charge in [0.25, 0.3) is 0 Å². The zero-order valence-electron chi connectivity index (χ0n) is 18.5. The van der Waals surface area contributed by atoms with Crippen molar-refractivity contribution in [3.8, 4) is 23.7 Å². The first-order chi connectivity index (χ1) is 15.7. The molecule has 0 aliphatic rings. The Balaban J connectivity index is 1.42. The lowest BCUT2D eigenvalue weighted by molar-refractivity contribution is 1.63. The van der Waals surface area contributed by atoms with Crippen molar-refractivity contribution in [1.82, 2.24) is 0 Å². The molecule has 32 heavy (non-hydrogen) atoms. The van der Waals surface area contributed by atoms with Crippen LogP contribution in [0.3, 0.4) is 0 Å². The highest BCUT2D eigenvalue weighted by Gasteiger charge is 2.19. The van der Waals surface area contributed by atoms with Gasteiger partial charge in [0, 0.05) is 22.3 Å². The molecule has 4 rings (SSSR count). The lowest BCUT2D eigenvalue weighted by atomic mass is 10.2. The van der Waals surface area contributed by atoms with Crippen LogP contribution in [0.15, 0.2) is 109 Å². The van der Waals surface area contributed by atoms with Gasteiger partial charge < -0.3 is 0 Å². The van der Waals surface area contributed by atoms with Gasteiger partial charge >= 0.3 is 0 Å². The first-order valence-electron chi connectivity index (χ1n) is 11.0. The number of rotatable bonds is 3. The van der Waals surface area contributed by atoms with Crippen LogP contribution in [0.2, 0.25) is 13.1 Å². The molecular weight excluding hydrogens is 417 g/mol. The van der Waals surface area contributed by atoms with E-state index in [1.54, 1.807) is 0 Å². The Labute approximate surface area is 195 Å². The molecule has 0 aliphatic carbocycles. The highest BCUT2D eigenvalue weighted by molar-refractivity contribution is 7.32. The summed E-state index contributed by atoms with van der Waals surface area (Å²) in [5, 5.41) is 3.06. The zero-order valence-corrected chi connectivity index (χ0v) is 20.9. The molecule has 2 unspecified atom stereocenters. The molecule has 0 saturated carbocycles. The smallest absolute Gasteiger partial charge is 0.0635 e. The lowest BCUT2D eigenvalue weighted by Crippen LogP contribution is -2.48. The molecule has 0 nitrogen and oxygen atoms in total. The van der Waals surface area contributed by atoms with Gasteiger partial charge in [-0.05, 0) is 48.5 Å². The second-order valence-corrected chi connectivity index (χ2v) is 18.5. The summed E-state index contributed by atoms with van der Waals surface area (Å²) >= 11 is 0. The zero-order chi connectivity index (χ0) is 22.2. The normalized spacial score (nSPS) is 11.9. The van der Waals surface area contributed by atoms with E-state index in [4.69, 9.17) is 0 Å². The van der Waals surface area contributed by atoms with Gasteiger partial charge in [-0.15, -0.1) is 0 Å². The Kier molecular flexibility index (Phi) is 7.21. The van der Waals surface area contributed by atoms with Crippen molar-refractivity contribution < 1.29 is 0 Å². The van der Waals surface area contributed by atoms with Crippen LogP contribution in [0.5, 0.6) is 0 Å². The molecule has 2 atom stereocenters. The van der Waals surface area contributed by atoms with Crippen LogP contribution in [-0.4, -0.2) is 16.6 Å². The molecule has 2 heteroatoms. The Morgan fingerprint density at radius 1 is 0.375 bits per heavy atom. The van der Waals surface area contributed by atoms with Crippen LogP contribution in [0.4, 0.5) is 0 Å². The molecule has 0 aliphatic heterocycles. The lowest BCUT2D eigenvalue weighted by Gasteiger charge is -2.18. The maximum Gasteiger partial charge on any atom is 0.0635 e. The summed E-state index contributed by atoms with van der Waals surface area (Å²) < 4.78 is 0. The molecule has 0 aromatic heterocycles. The predicted octanol–water partition coefficient (Wildman–Crippen LogP) is 4.39. The largest absolute Gasteiger partial charge is 0.0699 e. The van der Waals surface area contributed by atoms with Crippen LogP contribution in [0.1, 0.15) is 22.3 Å². The molecule has 0 radical (unpaired) electrons. The van der Waals surface area contributed by atoms with Crippen LogP contribution in [0, 0.1) is 23.7 Å². The Morgan fingerprint density at radius 2 is 0.656 bits per heavy atom. The van der Waals surface area contributed by atoms with Crippen molar-refractivity contribution in [2.75, 3.05) is 0 Å². The Morgan fingerprint density at radius 3 is 0.969 bits per heavy atom. The minimum atomic E-state index is -1.01. The topological polar surface area (TPSA) is 0 Å². The summed E-state index contributed by atoms with van der Waals surface area (Å²) in [5.74, 6) is 13.1. The summed E-state index contributed by atoms with van der Waals surface area (Å²) in [7, 11) is -2.02. The first kappa shape index (κ1) is 21.7. The fourth-order valence-corrected chi connectivity index (χ4v) is 11.2. The third-order valence-corrected chi connectivity index (χ3v) is 17.1. The van der Waals surface area contributed by atoms with E-state index in [0.717, 1.165) is 22.3 Å².